The molecule has 2 N–H and O–H groups in total. The largest absolute Gasteiger partial charge is 0.490 e. The van der Waals surface area contributed by atoms with Crippen molar-refractivity contribution in [2.45, 2.75) is 37.8 Å². The van der Waals surface area contributed by atoms with E-state index in [0.717, 1.165) is 19.4 Å². The average Bonchev–Trinajstić information content (AvgIpc) is 2.94. The number of hydrogen-bond acceptors (Lipinski definition) is 3. The molecule has 6 heteroatoms. The lowest BCUT2D eigenvalue weighted by Crippen LogP contribution is -2.46. The summed E-state index contributed by atoms with van der Waals surface area (Å²) in [4.78, 5) is 12.1. The molecule has 1 aromatic carbocycles. The molecule has 2 heterocycles. The molecular formula is C16H21FN2O3. The van der Waals surface area contributed by atoms with Gasteiger partial charge in [-0.1, -0.05) is 12.1 Å². The van der Waals surface area contributed by atoms with Crippen LogP contribution in [0.15, 0.2) is 18.2 Å². The number of carbonyl (C=O) groups is 1. The summed E-state index contributed by atoms with van der Waals surface area (Å²) in [5.74, 6) is -0.151. The van der Waals surface area contributed by atoms with Crippen molar-refractivity contribution in [2.75, 3.05) is 19.8 Å². The smallest absolute Gasteiger partial charge is 0.315 e. The monoisotopic (exact) mass is 308 g/mol. The first kappa shape index (κ1) is 15.1. The molecule has 0 radical (unpaired) electrons. The van der Waals surface area contributed by atoms with Gasteiger partial charge in [0.2, 0.25) is 0 Å². The Balaban J connectivity index is 1.60. The van der Waals surface area contributed by atoms with Gasteiger partial charge in [-0.05, 0) is 25.8 Å². The molecule has 0 saturated carbocycles. The van der Waals surface area contributed by atoms with Crippen LogP contribution in [0, 0.1) is 5.82 Å². The van der Waals surface area contributed by atoms with E-state index in [9.17, 15) is 9.18 Å². The number of ether oxygens (including phenoxy) is 2. The van der Waals surface area contributed by atoms with Crippen LogP contribution < -0.4 is 15.4 Å². The van der Waals surface area contributed by atoms with Crippen molar-refractivity contribution in [3.63, 3.8) is 0 Å². The van der Waals surface area contributed by atoms with Gasteiger partial charge in [0, 0.05) is 25.1 Å². The second-order valence-electron chi connectivity index (χ2n) is 6.08. The number of halogens is 1. The lowest BCUT2D eigenvalue weighted by molar-refractivity contribution is 0.0228. The van der Waals surface area contributed by atoms with Crippen LogP contribution in [0.25, 0.3) is 0 Å². The van der Waals surface area contributed by atoms with Crippen molar-refractivity contribution in [1.82, 2.24) is 10.6 Å². The number of urea groups is 1. The Labute approximate surface area is 129 Å². The van der Waals surface area contributed by atoms with Crippen LogP contribution in [0.4, 0.5) is 9.18 Å². The number of hydrogen-bond donors (Lipinski definition) is 2. The van der Waals surface area contributed by atoms with E-state index in [0.29, 0.717) is 25.1 Å². The standard InChI is InChI=1S/C16H21FN2O3/c1-16(7-3-8-22-16)10-18-15(20)19-13-6-9-21-14-11(13)4-2-5-12(14)17/h2,4-5,13H,3,6-10H2,1H3,(H2,18,19,20)/t13-,16-/m0/s1. The predicted octanol–water partition coefficient (Wildman–Crippen LogP) is 2.52. The number of rotatable bonds is 3. The Kier molecular flexibility index (Phi) is 4.20. The van der Waals surface area contributed by atoms with Crippen molar-refractivity contribution in [3.8, 4) is 5.75 Å². The van der Waals surface area contributed by atoms with E-state index < -0.39 is 5.82 Å². The van der Waals surface area contributed by atoms with Crippen molar-refractivity contribution < 1.29 is 18.7 Å². The van der Waals surface area contributed by atoms with Crippen LogP contribution in [0.1, 0.15) is 37.8 Å². The van der Waals surface area contributed by atoms with Gasteiger partial charge in [0.05, 0.1) is 18.2 Å². The van der Waals surface area contributed by atoms with Crippen LogP contribution in [-0.2, 0) is 4.74 Å². The van der Waals surface area contributed by atoms with Crippen LogP contribution >= 0.6 is 0 Å². The third-order valence-electron chi connectivity index (χ3n) is 4.25. The number of amides is 2. The molecule has 2 aliphatic heterocycles. The first-order valence-electron chi connectivity index (χ1n) is 7.67. The van der Waals surface area contributed by atoms with Gasteiger partial charge < -0.3 is 20.1 Å². The summed E-state index contributed by atoms with van der Waals surface area (Å²) in [7, 11) is 0. The summed E-state index contributed by atoms with van der Waals surface area (Å²) in [5.41, 5.74) is 0.404. The molecule has 1 aromatic rings. The summed E-state index contributed by atoms with van der Waals surface area (Å²) < 4.78 is 24.7. The van der Waals surface area contributed by atoms with Gasteiger partial charge in [-0.25, -0.2) is 9.18 Å². The number of benzene rings is 1. The van der Waals surface area contributed by atoms with Gasteiger partial charge >= 0.3 is 6.03 Å². The minimum Gasteiger partial charge on any atom is -0.490 e. The maximum Gasteiger partial charge on any atom is 0.315 e. The fraction of sp³-hybridized carbons (Fsp3) is 0.562. The van der Waals surface area contributed by atoms with Crippen LogP contribution in [0.3, 0.4) is 0 Å². The van der Waals surface area contributed by atoms with E-state index >= 15 is 0 Å². The quantitative estimate of drug-likeness (QED) is 0.902. The molecule has 2 amide bonds. The number of carbonyl (C=O) groups excluding carboxylic acids is 1. The highest BCUT2D eigenvalue weighted by Crippen LogP contribution is 2.33. The van der Waals surface area contributed by atoms with Gasteiger partial charge in [-0.15, -0.1) is 0 Å². The van der Waals surface area contributed by atoms with E-state index in [1.807, 2.05) is 6.92 Å². The first-order valence-corrected chi connectivity index (χ1v) is 7.67. The van der Waals surface area contributed by atoms with Crippen molar-refractivity contribution >= 4 is 6.03 Å². The summed E-state index contributed by atoms with van der Waals surface area (Å²) >= 11 is 0. The van der Waals surface area contributed by atoms with Gasteiger partial charge in [0.15, 0.2) is 11.6 Å². The fourth-order valence-corrected chi connectivity index (χ4v) is 2.99. The number of nitrogens with one attached hydrogen (secondary N) is 2. The summed E-state index contributed by atoms with van der Waals surface area (Å²) in [6, 6.07) is 4.27. The highest BCUT2D eigenvalue weighted by atomic mass is 19.1. The minimum atomic E-state index is -0.392. The molecule has 2 aliphatic rings. The van der Waals surface area contributed by atoms with E-state index in [4.69, 9.17) is 9.47 Å². The zero-order valence-electron chi connectivity index (χ0n) is 12.7. The molecule has 0 aliphatic carbocycles. The Morgan fingerprint density at radius 1 is 1.45 bits per heavy atom. The molecule has 0 unspecified atom stereocenters. The van der Waals surface area contributed by atoms with Crippen LogP contribution in [0.2, 0.25) is 0 Å². The molecular weight excluding hydrogens is 287 g/mol. The minimum absolute atomic E-state index is 0.239. The topological polar surface area (TPSA) is 59.6 Å². The maximum absolute atomic E-state index is 13.7. The lowest BCUT2D eigenvalue weighted by atomic mass is 10.0. The van der Waals surface area contributed by atoms with E-state index in [1.165, 1.54) is 6.07 Å². The van der Waals surface area contributed by atoms with Gasteiger partial charge in [-0.3, -0.25) is 0 Å². The number of fused-ring (bicyclic) bond motifs is 1. The maximum atomic E-state index is 13.7. The average molecular weight is 308 g/mol. The van der Waals surface area contributed by atoms with Gasteiger partial charge in [0.1, 0.15) is 0 Å². The molecule has 2 atom stereocenters. The van der Waals surface area contributed by atoms with Crippen molar-refractivity contribution in [1.29, 1.82) is 0 Å². The van der Waals surface area contributed by atoms with E-state index in [2.05, 4.69) is 10.6 Å². The highest BCUT2D eigenvalue weighted by molar-refractivity contribution is 5.74. The second-order valence-corrected chi connectivity index (χ2v) is 6.08. The SMILES string of the molecule is C[C@@]1(CNC(=O)N[C@H]2CCOc3c(F)cccc32)CCCO1. The Bertz CT molecular complexity index is 558. The molecule has 1 saturated heterocycles. The van der Waals surface area contributed by atoms with Crippen molar-refractivity contribution in [2.24, 2.45) is 0 Å². The van der Waals surface area contributed by atoms with Gasteiger partial charge in [0.25, 0.3) is 0 Å². The normalized spacial score (nSPS) is 26.9. The predicted molar refractivity (Wildman–Crippen MR) is 79.4 cm³/mol. The molecule has 0 bridgehead atoms. The molecule has 0 spiro atoms. The van der Waals surface area contributed by atoms with Crippen LogP contribution in [-0.4, -0.2) is 31.4 Å². The molecule has 22 heavy (non-hydrogen) atoms. The Morgan fingerprint density at radius 2 is 2.32 bits per heavy atom. The molecule has 1 fully saturated rings. The fourth-order valence-electron chi connectivity index (χ4n) is 2.99. The third-order valence-corrected chi connectivity index (χ3v) is 4.25. The van der Waals surface area contributed by atoms with E-state index in [1.54, 1.807) is 12.1 Å². The molecule has 120 valence electrons. The number of para-hydroxylation sites is 1. The molecule has 3 rings (SSSR count). The summed E-state index contributed by atoms with van der Waals surface area (Å²) in [6.07, 6.45) is 2.59. The molecule has 0 aromatic heterocycles. The highest BCUT2D eigenvalue weighted by Gasteiger charge is 2.31. The third kappa shape index (κ3) is 3.16. The van der Waals surface area contributed by atoms with E-state index in [-0.39, 0.29) is 23.4 Å². The van der Waals surface area contributed by atoms with Crippen LogP contribution in [0.5, 0.6) is 5.75 Å². The Morgan fingerprint density at radius 3 is 3.09 bits per heavy atom. The molecule has 5 nitrogen and oxygen atoms in total. The zero-order valence-corrected chi connectivity index (χ0v) is 12.7. The summed E-state index contributed by atoms with van der Waals surface area (Å²) in [5, 5.41) is 5.74. The first-order chi connectivity index (χ1) is 10.6. The zero-order chi connectivity index (χ0) is 15.6. The second kappa shape index (κ2) is 6.12. The lowest BCUT2D eigenvalue weighted by Gasteiger charge is -2.28. The Hall–Kier alpha value is -1.82. The van der Waals surface area contributed by atoms with Gasteiger partial charge in [-0.2, -0.15) is 0 Å². The van der Waals surface area contributed by atoms with Crippen molar-refractivity contribution in [3.05, 3.63) is 29.6 Å². The summed E-state index contributed by atoms with van der Waals surface area (Å²) in [6.45, 7) is 3.60.